The first-order valence-electron chi connectivity index (χ1n) is 8.63. The highest BCUT2D eigenvalue weighted by molar-refractivity contribution is 7.92. The molecule has 0 aliphatic carbocycles. The molecule has 11 heteroatoms. The van der Waals surface area contributed by atoms with Crippen molar-refractivity contribution in [1.82, 2.24) is 15.0 Å². The summed E-state index contributed by atoms with van der Waals surface area (Å²) in [5, 5.41) is 14.0. The van der Waals surface area contributed by atoms with Crippen molar-refractivity contribution in [3.8, 4) is 0 Å². The number of pyridine rings is 1. The van der Waals surface area contributed by atoms with Gasteiger partial charge in [-0.25, -0.2) is 18.4 Å². The lowest BCUT2D eigenvalue weighted by Crippen LogP contribution is -2.16. The number of hydrogen-bond acceptors (Lipinski definition) is 8. The highest BCUT2D eigenvalue weighted by Crippen LogP contribution is 2.27. The number of anilines is 3. The summed E-state index contributed by atoms with van der Waals surface area (Å²) in [6.07, 6.45) is 3.15. The molecule has 2 N–H and O–H groups in total. The number of fused-ring (bicyclic) bond motifs is 1. The van der Waals surface area contributed by atoms with E-state index in [2.05, 4.69) is 25.0 Å². The Hall–Kier alpha value is -4.12. The Bertz CT molecular complexity index is 1350. The molecule has 0 fully saturated rings. The van der Waals surface area contributed by atoms with Gasteiger partial charge >= 0.3 is 0 Å². The second kappa shape index (κ2) is 7.72. The molecule has 0 aliphatic rings. The maximum absolute atomic E-state index is 12.9. The lowest BCUT2D eigenvalue weighted by atomic mass is 10.3. The number of aromatic nitrogens is 3. The van der Waals surface area contributed by atoms with Crippen LogP contribution in [0, 0.1) is 10.1 Å². The summed E-state index contributed by atoms with van der Waals surface area (Å²) < 4.78 is 28.1. The summed E-state index contributed by atoms with van der Waals surface area (Å²) in [6, 6.07) is 15.2. The summed E-state index contributed by atoms with van der Waals surface area (Å²) in [4.78, 5) is 22.9. The van der Waals surface area contributed by atoms with Crippen LogP contribution in [0.15, 0.2) is 78.0 Å². The number of nitro benzene ring substituents is 1. The van der Waals surface area contributed by atoms with Gasteiger partial charge in [-0.05, 0) is 30.3 Å². The molecule has 30 heavy (non-hydrogen) atoms. The predicted molar refractivity (Wildman–Crippen MR) is 111 cm³/mol. The summed E-state index contributed by atoms with van der Waals surface area (Å²) in [5.41, 5.74) is 1.28. The largest absolute Gasteiger partial charge is 0.336 e. The topological polar surface area (TPSA) is 140 Å². The first kappa shape index (κ1) is 19.2. The monoisotopic (exact) mass is 422 g/mol. The third-order valence-corrected chi connectivity index (χ3v) is 5.40. The highest BCUT2D eigenvalue weighted by Gasteiger charge is 2.21. The first-order chi connectivity index (χ1) is 14.4. The zero-order chi connectivity index (χ0) is 21.1. The highest BCUT2D eigenvalue weighted by atomic mass is 32.2. The number of para-hydroxylation sites is 2. The summed E-state index contributed by atoms with van der Waals surface area (Å²) in [6.45, 7) is 0. The lowest BCUT2D eigenvalue weighted by molar-refractivity contribution is -0.385. The molecule has 4 aromatic rings. The van der Waals surface area contributed by atoms with Crippen molar-refractivity contribution in [2.45, 2.75) is 4.90 Å². The molecule has 2 heterocycles. The molecule has 0 atom stereocenters. The van der Waals surface area contributed by atoms with Crippen LogP contribution < -0.4 is 10.0 Å². The van der Waals surface area contributed by atoms with E-state index >= 15 is 0 Å². The average Bonchev–Trinajstić information content (AvgIpc) is 2.75. The van der Waals surface area contributed by atoms with E-state index in [1.54, 1.807) is 48.8 Å². The second-order valence-corrected chi connectivity index (χ2v) is 7.82. The van der Waals surface area contributed by atoms with Gasteiger partial charge in [-0.1, -0.05) is 18.2 Å². The molecule has 0 unspecified atom stereocenters. The number of nitrogens with zero attached hydrogens (tertiary/aromatic N) is 4. The van der Waals surface area contributed by atoms with Gasteiger partial charge in [0.2, 0.25) is 0 Å². The Morgan fingerprint density at radius 3 is 2.30 bits per heavy atom. The van der Waals surface area contributed by atoms with Crippen molar-refractivity contribution >= 4 is 44.1 Å². The number of nitro groups is 1. The molecule has 0 saturated carbocycles. The van der Waals surface area contributed by atoms with E-state index in [1.165, 1.54) is 18.2 Å². The normalized spacial score (nSPS) is 11.2. The van der Waals surface area contributed by atoms with E-state index in [1.807, 2.05) is 0 Å². The van der Waals surface area contributed by atoms with Crippen LogP contribution in [0.25, 0.3) is 11.0 Å². The van der Waals surface area contributed by atoms with Crippen molar-refractivity contribution in [2.24, 2.45) is 0 Å². The second-order valence-electron chi connectivity index (χ2n) is 6.14. The van der Waals surface area contributed by atoms with Gasteiger partial charge in [-0.15, -0.1) is 0 Å². The molecule has 4 rings (SSSR count). The fraction of sp³-hybridized carbons (Fsp3) is 0. The van der Waals surface area contributed by atoms with Gasteiger partial charge in [0, 0.05) is 18.3 Å². The van der Waals surface area contributed by atoms with Gasteiger partial charge < -0.3 is 5.32 Å². The van der Waals surface area contributed by atoms with Crippen LogP contribution in [0.5, 0.6) is 0 Å². The number of rotatable bonds is 6. The smallest absolute Gasteiger partial charge is 0.270 e. The number of hydrogen-bond donors (Lipinski definition) is 2. The average molecular weight is 422 g/mol. The molecule has 10 nitrogen and oxygen atoms in total. The van der Waals surface area contributed by atoms with Crippen LogP contribution in [0.2, 0.25) is 0 Å². The molecule has 0 radical (unpaired) electrons. The minimum atomic E-state index is -4.17. The van der Waals surface area contributed by atoms with E-state index in [0.717, 1.165) is 6.07 Å². The number of nitrogens with one attached hydrogen (secondary N) is 2. The van der Waals surface area contributed by atoms with Crippen LogP contribution in [-0.2, 0) is 10.0 Å². The van der Waals surface area contributed by atoms with E-state index in [4.69, 9.17) is 0 Å². The van der Waals surface area contributed by atoms with E-state index in [-0.39, 0.29) is 22.2 Å². The minimum Gasteiger partial charge on any atom is -0.336 e. The lowest BCUT2D eigenvalue weighted by Gasteiger charge is -2.13. The molecule has 2 aromatic carbocycles. The Morgan fingerprint density at radius 2 is 1.63 bits per heavy atom. The van der Waals surface area contributed by atoms with E-state index in [0.29, 0.717) is 16.7 Å². The summed E-state index contributed by atoms with van der Waals surface area (Å²) in [7, 11) is -4.17. The third kappa shape index (κ3) is 4.00. The Kier molecular flexibility index (Phi) is 4.94. The minimum absolute atomic E-state index is 0.0518. The molecule has 150 valence electrons. The zero-order valence-electron chi connectivity index (χ0n) is 15.3. The Balaban J connectivity index is 1.78. The van der Waals surface area contributed by atoms with Crippen molar-refractivity contribution in [2.75, 3.05) is 10.0 Å². The van der Waals surface area contributed by atoms with Crippen LogP contribution in [0.3, 0.4) is 0 Å². The number of sulfonamides is 1. The van der Waals surface area contributed by atoms with Crippen molar-refractivity contribution in [1.29, 1.82) is 0 Å². The van der Waals surface area contributed by atoms with Crippen molar-refractivity contribution in [3.63, 3.8) is 0 Å². The molecule has 0 spiro atoms. The molecule has 0 amide bonds. The fourth-order valence-electron chi connectivity index (χ4n) is 2.68. The molecule has 2 aromatic heterocycles. The van der Waals surface area contributed by atoms with Crippen LogP contribution in [0.4, 0.5) is 23.0 Å². The van der Waals surface area contributed by atoms with Crippen LogP contribution >= 0.6 is 0 Å². The standard InChI is InChI=1S/C19H14N6O4S/c26-25(27)14-6-3-7-15(11-14)30(28,29)24-19-18(21-13-5-4-10-20-12-13)22-16-8-1-2-9-17(16)23-19/h1-12H,(H,21,22)(H,23,24). The van der Waals surface area contributed by atoms with Crippen LogP contribution in [0.1, 0.15) is 0 Å². The molecular formula is C19H14N6O4S. The molecule has 0 bridgehead atoms. The molecular weight excluding hydrogens is 408 g/mol. The quantitative estimate of drug-likeness (QED) is 0.355. The van der Waals surface area contributed by atoms with Gasteiger partial charge in [0.1, 0.15) is 0 Å². The number of non-ortho nitro benzene ring substituents is 1. The Labute approximate surface area is 170 Å². The maximum atomic E-state index is 12.9. The van der Waals surface area contributed by atoms with Gasteiger partial charge in [-0.2, -0.15) is 0 Å². The van der Waals surface area contributed by atoms with Crippen LogP contribution in [-0.4, -0.2) is 28.3 Å². The zero-order valence-corrected chi connectivity index (χ0v) is 16.1. The van der Waals surface area contributed by atoms with Crippen molar-refractivity contribution < 1.29 is 13.3 Å². The predicted octanol–water partition coefficient (Wildman–Crippen LogP) is 3.48. The SMILES string of the molecule is O=[N+]([O-])c1cccc(S(=O)(=O)Nc2nc3ccccc3nc2Nc2cccnc2)c1. The fourth-order valence-corrected chi connectivity index (χ4v) is 3.73. The van der Waals surface area contributed by atoms with E-state index in [9.17, 15) is 18.5 Å². The molecule has 0 aliphatic heterocycles. The molecule has 0 saturated heterocycles. The first-order valence-corrected chi connectivity index (χ1v) is 10.1. The number of benzene rings is 2. The van der Waals surface area contributed by atoms with E-state index < -0.39 is 14.9 Å². The van der Waals surface area contributed by atoms with Gasteiger partial charge in [0.25, 0.3) is 15.7 Å². The van der Waals surface area contributed by atoms with Gasteiger partial charge in [-0.3, -0.25) is 19.8 Å². The third-order valence-electron chi connectivity index (χ3n) is 4.06. The van der Waals surface area contributed by atoms with Gasteiger partial charge in [0.15, 0.2) is 11.6 Å². The van der Waals surface area contributed by atoms with Gasteiger partial charge in [0.05, 0.1) is 32.7 Å². The summed E-state index contributed by atoms with van der Waals surface area (Å²) in [5.74, 6) is 0.111. The summed E-state index contributed by atoms with van der Waals surface area (Å²) >= 11 is 0. The van der Waals surface area contributed by atoms with Crippen molar-refractivity contribution in [3.05, 3.63) is 83.2 Å². The maximum Gasteiger partial charge on any atom is 0.270 e. The Morgan fingerprint density at radius 1 is 0.900 bits per heavy atom.